The summed E-state index contributed by atoms with van der Waals surface area (Å²) in [6, 6.07) is 0.513. The Morgan fingerprint density at radius 1 is 1.19 bits per heavy atom. The number of likely N-dealkylation sites (N-methyl/N-ethyl adjacent to an activating group) is 1. The second-order valence-corrected chi connectivity index (χ2v) is 4.42. The molecule has 3 heteroatoms. The fourth-order valence-corrected chi connectivity index (χ4v) is 1.69. The molecule has 0 aromatic heterocycles. The van der Waals surface area contributed by atoms with Crippen molar-refractivity contribution >= 4 is 5.91 Å². The maximum Gasteiger partial charge on any atom is 0.236 e. The maximum absolute atomic E-state index is 11.6. The largest absolute Gasteiger partial charge is 0.345 e. The normalized spacial score (nSPS) is 12.5. The minimum Gasteiger partial charge on any atom is -0.345 e. The molecule has 1 atom stereocenters. The van der Waals surface area contributed by atoms with Crippen molar-refractivity contribution in [2.45, 2.75) is 58.9 Å². The summed E-state index contributed by atoms with van der Waals surface area (Å²) < 4.78 is 0. The second-order valence-electron chi connectivity index (χ2n) is 4.42. The SMILES string of the molecule is CCCCC(CCC)NCC(=O)N(C)CC. The lowest BCUT2D eigenvalue weighted by molar-refractivity contribution is -0.128. The van der Waals surface area contributed by atoms with Gasteiger partial charge in [0.05, 0.1) is 6.54 Å². The molecule has 0 rings (SSSR count). The monoisotopic (exact) mass is 228 g/mol. The molecule has 1 unspecified atom stereocenters. The highest BCUT2D eigenvalue weighted by Crippen LogP contribution is 2.06. The Labute approximate surface area is 101 Å². The van der Waals surface area contributed by atoms with Gasteiger partial charge in [-0.3, -0.25) is 4.79 Å². The topological polar surface area (TPSA) is 32.3 Å². The van der Waals surface area contributed by atoms with Gasteiger partial charge in [0.2, 0.25) is 5.91 Å². The Kier molecular flexibility index (Phi) is 9.30. The van der Waals surface area contributed by atoms with E-state index in [1.165, 1.54) is 32.1 Å². The van der Waals surface area contributed by atoms with Crippen LogP contribution in [0.2, 0.25) is 0 Å². The van der Waals surface area contributed by atoms with Crippen LogP contribution in [-0.2, 0) is 4.79 Å². The third kappa shape index (κ3) is 6.83. The summed E-state index contributed by atoms with van der Waals surface area (Å²) in [7, 11) is 1.85. The van der Waals surface area contributed by atoms with Crippen LogP contribution in [0.5, 0.6) is 0 Å². The van der Waals surface area contributed by atoms with Crippen molar-refractivity contribution in [2.24, 2.45) is 0 Å². The number of unbranched alkanes of at least 4 members (excludes halogenated alkanes) is 1. The van der Waals surface area contributed by atoms with E-state index in [4.69, 9.17) is 0 Å². The molecule has 0 bridgehead atoms. The van der Waals surface area contributed by atoms with Gasteiger partial charge in [-0.1, -0.05) is 33.1 Å². The lowest BCUT2D eigenvalue weighted by atomic mass is 10.1. The van der Waals surface area contributed by atoms with Crippen LogP contribution in [0.3, 0.4) is 0 Å². The molecule has 3 nitrogen and oxygen atoms in total. The Hall–Kier alpha value is -0.570. The first-order chi connectivity index (χ1) is 7.65. The summed E-state index contributed by atoms with van der Waals surface area (Å²) in [6.45, 7) is 7.67. The zero-order chi connectivity index (χ0) is 12.4. The molecule has 0 saturated heterocycles. The average molecular weight is 228 g/mol. The quantitative estimate of drug-likeness (QED) is 0.657. The predicted octanol–water partition coefficient (Wildman–Crippen LogP) is 2.41. The van der Waals surface area contributed by atoms with Crippen LogP contribution < -0.4 is 5.32 Å². The third-order valence-electron chi connectivity index (χ3n) is 2.99. The molecule has 0 aromatic carbocycles. The number of rotatable bonds is 9. The number of carbonyl (C=O) groups is 1. The van der Waals surface area contributed by atoms with Gasteiger partial charge in [0.25, 0.3) is 0 Å². The number of amides is 1. The van der Waals surface area contributed by atoms with Crippen LogP contribution in [-0.4, -0.2) is 37.0 Å². The van der Waals surface area contributed by atoms with Crippen molar-refractivity contribution in [1.82, 2.24) is 10.2 Å². The number of hydrogen-bond acceptors (Lipinski definition) is 2. The minimum absolute atomic E-state index is 0.195. The molecule has 16 heavy (non-hydrogen) atoms. The molecule has 1 amide bonds. The summed E-state index contributed by atoms with van der Waals surface area (Å²) >= 11 is 0. The van der Waals surface area contributed by atoms with Gasteiger partial charge in [0.15, 0.2) is 0 Å². The smallest absolute Gasteiger partial charge is 0.236 e. The van der Waals surface area contributed by atoms with E-state index in [1.807, 2.05) is 14.0 Å². The van der Waals surface area contributed by atoms with Crippen LogP contribution in [0.1, 0.15) is 52.9 Å². The standard InChI is InChI=1S/C13H28N2O/c1-5-8-10-12(9-6-2)14-11-13(16)15(4)7-3/h12,14H,5-11H2,1-4H3. The Morgan fingerprint density at radius 3 is 2.38 bits per heavy atom. The first-order valence-electron chi connectivity index (χ1n) is 6.62. The van der Waals surface area contributed by atoms with Crippen molar-refractivity contribution in [3.8, 4) is 0 Å². The molecule has 96 valence electrons. The van der Waals surface area contributed by atoms with Gasteiger partial charge in [-0.05, 0) is 19.8 Å². The fourth-order valence-electron chi connectivity index (χ4n) is 1.69. The van der Waals surface area contributed by atoms with E-state index in [0.29, 0.717) is 12.6 Å². The van der Waals surface area contributed by atoms with E-state index in [2.05, 4.69) is 19.2 Å². The Balaban J connectivity index is 3.85. The zero-order valence-corrected chi connectivity index (χ0v) is 11.4. The second kappa shape index (κ2) is 9.64. The van der Waals surface area contributed by atoms with Crippen LogP contribution in [0.15, 0.2) is 0 Å². The zero-order valence-electron chi connectivity index (χ0n) is 11.4. The molecule has 0 aliphatic heterocycles. The van der Waals surface area contributed by atoms with Crippen LogP contribution in [0.25, 0.3) is 0 Å². The first-order valence-corrected chi connectivity index (χ1v) is 6.62. The van der Waals surface area contributed by atoms with E-state index in [0.717, 1.165) is 6.54 Å². The number of nitrogens with zero attached hydrogens (tertiary/aromatic N) is 1. The third-order valence-corrected chi connectivity index (χ3v) is 2.99. The van der Waals surface area contributed by atoms with Crippen molar-refractivity contribution in [3.63, 3.8) is 0 Å². The molecule has 0 heterocycles. The van der Waals surface area contributed by atoms with Crippen molar-refractivity contribution in [1.29, 1.82) is 0 Å². The van der Waals surface area contributed by atoms with Gasteiger partial charge in [-0.25, -0.2) is 0 Å². The summed E-state index contributed by atoms with van der Waals surface area (Å²) in [5.41, 5.74) is 0. The molecule has 0 radical (unpaired) electrons. The molecule has 0 fully saturated rings. The summed E-state index contributed by atoms with van der Waals surface area (Å²) in [5.74, 6) is 0.195. The highest BCUT2D eigenvalue weighted by Gasteiger charge is 2.10. The van der Waals surface area contributed by atoms with E-state index >= 15 is 0 Å². The van der Waals surface area contributed by atoms with Crippen LogP contribution in [0, 0.1) is 0 Å². The van der Waals surface area contributed by atoms with E-state index in [-0.39, 0.29) is 5.91 Å². The van der Waals surface area contributed by atoms with Gasteiger partial charge in [-0.2, -0.15) is 0 Å². The fraction of sp³-hybridized carbons (Fsp3) is 0.923. The van der Waals surface area contributed by atoms with Crippen molar-refractivity contribution in [3.05, 3.63) is 0 Å². The van der Waals surface area contributed by atoms with Gasteiger partial charge < -0.3 is 10.2 Å². The minimum atomic E-state index is 0.195. The van der Waals surface area contributed by atoms with Gasteiger partial charge in [-0.15, -0.1) is 0 Å². The van der Waals surface area contributed by atoms with E-state index < -0.39 is 0 Å². The van der Waals surface area contributed by atoms with Crippen molar-refractivity contribution < 1.29 is 4.79 Å². The predicted molar refractivity (Wildman–Crippen MR) is 69.5 cm³/mol. The lowest BCUT2D eigenvalue weighted by Crippen LogP contribution is -2.40. The molecular weight excluding hydrogens is 200 g/mol. The summed E-state index contributed by atoms with van der Waals surface area (Å²) in [5, 5.41) is 3.38. The van der Waals surface area contributed by atoms with E-state index in [1.54, 1.807) is 4.90 Å². The Morgan fingerprint density at radius 2 is 1.88 bits per heavy atom. The van der Waals surface area contributed by atoms with E-state index in [9.17, 15) is 4.79 Å². The molecular formula is C13H28N2O. The highest BCUT2D eigenvalue weighted by atomic mass is 16.2. The van der Waals surface area contributed by atoms with Gasteiger partial charge in [0, 0.05) is 19.6 Å². The molecule has 0 aliphatic carbocycles. The molecule has 0 spiro atoms. The maximum atomic E-state index is 11.6. The highest BCUT2D eigenvalue weighted by molar-refractivity contribution is 5.77. The number of carbonyl (C=O) groups excluding carboxylic acids is 1. The lowest BCUT2D eigenvalue weighted by Gasteiger charge is -2.20. The molecule has 0 aliphatic rings. The van der Waals surface area contributed by atoms with Crippen LogP contribution >= 0.6 is 0 Å². The average Bonchev–Trinajstić information content (AvgIpc) is 2.31. The molecule has 0 aromatic rings. The Bertz CT molecular complexity index is 183. The van der Waals surface area contributed by atoms with Gasteiger partial charge in [0.1, 0.15) is 0 Å². The molecule has 0 saturated carbocycles. The van der Waals surface area contributed by atoms with Gasteiger partial charge >= 0.3 is 0 Å². The number of nitrogens with one attached hydrogen (secondary N) is 1. The first kappa shape index (κ1) is 15.4. The molecule has 1 N–H and O–H groups in total. The summed E-state index contributed by atoms with van der Waals surface area (Å²) in [6.07, 6.45) is 6.01. The number of hydrogen-bond donors (Lipinski definition) is 1. The van der Waals surface area contributed by atoms with Crippen molar-refractivity contribution in [2.75, 3.05) is 20.1 Å². The summed E-state index contributed by atoms with van der Waals surface area (Å²) in [4.78, 5) is 13.4. The van der Waals surface area contributed by atoms with Crippen LogP contribution in [0.4, 0.5) is 0 Å².